The third kappa shape index (κ3) is 3.55. The first-order valence-corrected chi connectivity index (χ1v) is 7.97. The van der Waals surface area contributed by atoms with Crippen LogP contribution < -0.4 is 5.32 Å². The molecular weight excluding hydrogens is 280 g/mol. The number of carbonyl (C=O) groups is 1. The highest BCUT2D eigenvalue weighted by Crippen LogP contribution is 2.19. The zero-order chi connectivity index (χ0) is 15.4. The van der Waals surface area contributed by atoms with Crippen molar-refractivity contribution in [1.29, 1.82) is 0 Å². The van der Waals surface area contributed by atoms with Crippen LogP contribution in [0.25, 0.3) is 11.6 Å². The standard InChI is InChI=1S/C16H22N4O2/c1-12-18-19-16(22-12)14-9-6-10-20(14)11-15(21)17-13-7-4-2-3-5-8-13/h6,9-10,13H,2-5,7-8,11H2,1H3,(H,17,21). The number of rotatable bonds is 4. The maximum Gasteiger partial charge on any atom is 0.264 e. The molecule has 1 aliphatic carbocycles. The molecule has 1 aliphatic rings. The van der Waals surface area contributed by atoms with Gasteiger partial charge in [-0.1, -0.05) is 25.7 Å². The van der Waals surface area contributed by atoms with E-state index in [1.165, 1.54) is 25.7 Å². The number of hydrogen-bond acceptors (Lipinski definition) is 4. The summed E-state index contributed by atoms with van der Waals surface area (Å²) < 4.78 is 7.29. The van der Waals surface area contributed by atoms with Crippen molar-refractivity contribution in [3.8, 4) is 11.6 Å². The topological polar surface area (TPSA) is 73.0 Å². The monoisotopic (exact) mass is 302 g/mol. The van der Waals surface area contributed by atoms with Crippen LogP contribution in [0.15, 0.2) is 22.7 Å². The van der Waals surface area contributed by atoms with Crippen LogP contribution in [0.2, 0.25) is 0 Å². The Kier molecular flexibility index (Phi) is 4.56. The van der Waals surface area contributed by atoms with Gasteiger partial charge in [-0.25, -0.2) is 0 Å². The van der Waals surface area contributed by atoms with Crippen LogP contribution in [0, 0.1) is 6.92 Å². The lowest BCUT2D eigenvalue weighted by Gasteiger charge is -2.16. The van der Waals surface area contributed by atoms with Gasteiger partial charge < -0.3 is 14.3 Å². The smallest absolute Gasteiger partial charge is 0.264 e. The minimum atomic E-state index is 0.0422. The highest BCUT2D eigenvalue weighted by Gasteiger charge is 2.17. The minimum absolute atomic E-state index is 0.0422. The Morgan fingerprint density at radius 3 is 2.77 bits per heavy atom. The maximum absolute atomic E-state index is 12.3. The normalized spacial score (nSPS) is 16.4. The fourth-order valence-electron chi connectivity index (χ4n) is 3.00. The van der Waals surface area contributed by atoms with E-state index in [9.17, 15) is 4.79 Å². The third-order valence-corrected chi connectivity index (χ3v) is 4.11. The van der Waals surface area contributed by atoms with Crippen molar-refractivity contribution in [2.24, 2.45) is 0 Å². The Morgan fingerprint density at radius 1 is 1.32 bits per heavy atom. The second kappa shape index (κ2) is 6.77. The lowest BCUT2D eigenvalue weighted by Crippen LogP contribution is -2.36. The Labute approximate surface area is 129 Å². The number of aryl methyl sites for hydroxylation is 1. The van der Waals surface area contributed by atoms with Gasteiger partial charge in [0.05, 0.1) is 0 Å². The van der Waals surface area contributed by atoms with E-state index < -0.39 is 0 Å². The van der Waals surface area contributed by atoms with Gasteiger partial charge in [0.15, 0.2) is 0 Å². The summed E-state index contributed by atoms with van der Waals surface area (Å²) in [5.41, 5.74) is 0.775. The summed E-state index contributed by atoms with van der Waals surface area (Å²) in [6.07, 6.45) is 9.03. The largest absolute Gasteiger partial charge is 0.420 e. The molecule has 1 saturated carbocycles. The van der Waals surface area contributed by atoms with E-state index in [0.717, 1.165) is 18.5 Å². The predicted molar refractivity (Wildman–Crippen MR) is 82.1 cm³/mol. The Hall–Kier alpha value is -2.11. The number of aromatic nitrogens is 3. The molecule has 0 atom stereocenters. The molecular formula is C16H22N4O2. The summed E-state index contributed by atoms with van der Waals surface area (Å²) in [7, 11) is 0. The summed E-state index contributed by atoms with van der Waals surface area (Å²) in [4.78, 5) is 12.3. The first-order valence-electron chi connectivity index (χ1n) is 7.97. The summed E-state index contributed by atoms with van der Waals surface area (Å²) in [5, 5.41) is 11.0. The van der Waals surface area contributed by atoms with E-state index in [1.54, 1.807) is 6.92 Å². The summed E-state index contributed by atoms with van der Waals surface area (Å²) >= 11 is 0. The average Bonchev–Trinajstić information content (AvgIpc) is 3.03. The van der Waals surface area contributed by atoms with Gasteiger partial charge in [-0.05, 0) is 25.0 Å². The molecule has 6 nitrogen and oxygen atoms in total. The minimum Gasteiger partial charge on any atom is -0.420 e. The molecule has 0 spiro atoms. The van der Waals surface area contributed by atoms with Crippen LogP contribution in [-0.2, 0) is 11.3 Å². The fourth-order valence-corrected chi connectivity index (χ4v) is 3.00. The maximum atomic E-state index is 12.3. The molecule has 3 rings (SSSR count). The van der Waals surface area contributed by atoms with E-state index in [2.05, 4.69) is 15.5 Å². The molecule has 1 amide bonds. The van der Waals surface area contributed by atoms with Crippen LogP contribution >= 0.6 is 0 Å². The Balaban J connectivity index is 1.63. The molecule has 1 fully saturated rings. The van der Waals surface area contributed by atoms with E-state index in [-0.39, 0.29) is 12.5 Å². The quantitative estimate of drug-likeness (QED) is 0.881. The van der Waals surface area contributed by atoms with Gasteiger partial charge in [0, 0.05) is 19.2 Å². The van der Waals surface area contributed by atoms with Gasteiger partial charge in [-0.2, -0.15) is 0 Å². The van der Waals surface area contributed by atoms with Gasteiger partial charge in [-0.3, -0.25) is 4.79 Å². The molecule has 0 unspecified atom stereocenters. The first-order chi connectivity index (χ1) is 10.7. The highest BCUT2D eigenvalue weighted by atomic mass is 16.4. The molecule has 2 aromatic rings. The number of hydrogen-bond donors (Lipinski definition) is 1. The van der Waals surface area contributed by atoms with Crippen molar-refractivity contribution in [2.45, 2.75) is 58.0 Å². The van der Waals surface area contributed by atoms with Crippen LogP contribution in [-0.4, -0.2) is 26.7 Å². The molecule has 0 aliphatic heterocycles. The zero-order valence-electron chi connectivity index (χ0n) is 12.9. The molecule has 0 saturated heterocycles. The van der Waals surface area contributed by atoms with Gasteiger partial charge in [-0.15, -0.1) is 10.2 Å². The molecule has 0 aromatic carbocycles. The van der Waals surface area contributed by atoms with Crippen LogP contribution in [0.5, 0.6) is 0 Å². The van der Waals surface area contributed by atoms with Crippen molar-refractivity contribution in [3.63, 3.8) is 0 Å². The van der Waals surface area contributed by atoms with Crippen molar-refractivity contribution in [1.82, 2.24) is 20.1 Å². The van der Waals surface area contributed by atoms with E-state index in [4.69, 9.17) is 4.42 Å². The van der Waals surface area contributed by atoms with E-state index in [0.29, 0.717) is 17.8 Å². The van der Waals surface area contributed by atoms with Crippen molar-refractivity contribution in [3.05, 3.63) is 24.2 Å². The summed E-state index contributed by atoms with van der Waals surface area (Å²) in [5.74, 6) is 1.01. The fraction of sp³-hybridized carbons (Fsp3) is 0.562. The lowest BCUT2D eigenvalue weighted by atomic mass is 10.1. The van der Waals surface area contributed by atoms with Gasteiger partial charge in [0.2, 0.25) is 11.8 Å². The molecule has 0 radical (unpaired) electrons. The second-order valence-electron chi connectivity index (χ2n) is 5.90. The van der Waals surface area contributed by atoms with Crippen LogP contribution in [0.3, 0.4) is 0 Å². The van der Waals surface area contributed by atoms with Gasteiger partial charge in [0.25, 0.3) is 5.89 Å². The molecule has 118 valence electrons. The Bertz CT molecular complexity index is 624. The molecule has 2 heterocycles. The Morgan fingerprint density at radius 2 is 2.09 bits per heavy atom. The second-order valence-corrected chi connectivity index (χ2v) is 5.90. The number of amides is 1. The number of nitrogens with zero attached hydrogens (tertiary/aromatic N) is 3. The van der Waals surface area contributed by atoms with Gasteiger partial charge >= 0.3 is 0 Å². The van der Waals surface area contributed by atoms with Crippen LogP contribution in [0.4, 0.5) is 0 Å². The van der Waals surface area contributed by atoms with Crippen LogP contribution in [0.1, 0.15) is 44.4 Å². The number of carbonyl (C=O) groups excluding carboxylic acids is 1. The first kappa shape index (κ1) is 14.8. The third-order valence-electron chi connectivity index (χ3n) is 4.11. The number of nitrogens with one attached hydrogen (secondary N) is 1. The van der Waals surface area contributed by atoms with Gasteiger partial charge in [0.1, 0.15) is 12.2 Å². The van der Waals surface area contributed by atoms with Crippen molar-refractivity contribution >= 4 is 5.91 Å². The molecule has 22 heavy (non-hydrogen) atoms. The van der Waals surface area contributed by atoms with E-state index in [1.807, 2.05) is 22.9 Å². The van der Waals surface area contributed by atoms with Crippen molar-refractivity contribution in [2.75, 3.05) is 0 Å². The molecule has 2 aromatic heterocycles. The molecule has 0 bridgehead atoms. The predicted octanol–water partition coefficient (Wildman–Crippen LogP) is 2.69. The lowest BCUT2D eigenvalue weighted by molar-refractivity contribution is -0.122. The molecule has 6 heteroatoms. The average molecular weight is 302 g/mol. The summed E-state index contributed by atoms with van der Waals surface area (Å²) in [6.45, 7) is 2.03. The summed E-state index contributed by atoms with van der Waals surface area (Å²) in [6, 6.07) is 4.08. The molecule has 1 N–H and O–H groups in total. The SMILES string of the molecule is Cc1nnc(-c2cccn2CC(=O)NC2CCCCCC2)o1. The van der Waals surface area contributed by atoms with Crippen molar-refractivity contribution < 1.29 is 9.21 Å². The zero-order valence-corrected chi connectivity index (χ0v) is 12.9. The van der Waals surface area contributed by atoms with E-state index >= 15 is 0 Å². The highest BCUT2D eigenvalue weighted by molar-refractivity contribution is 5.76.